The molecule has 9 heteroatoms. The maximum atomic E-state index is 11.5. The Morgan fingerprint density at radius 3 is 1.78 bits per heavy atom. The predicted octanol–water partition coefficient (Wildman–Crippen LogP) is 3.56. The third-order valence-corrected chi connectivity index (χ3v) is 5.21. The van der Waals surface area contributed by atoms with Crippen LogP contribution in [0.4, 0.5) is 0 Å². The van der Waals surface area contributed by atoms with Crippen molar-refractivity contribution in [1.29, 1.82) is 0 Å². The molecule has 4 aromatic rings. The summed E-state index contributed by atoms with van der Waals surface area (Å²) in [5.74, 6) is -2.03. The highest BCUT2D eigenvalue weighted by Gasteiger charge is 2.12. The van der Waals surface area contributed by atoms with Crippen molar-refractivity contribution in [3.05, 3.63) is 117 Å². The summed E-state index contributed by atoms with van der Waals surface area (Å²) < 4.78 is 15.7. The summed E-state index contributed by atoms with van der Waals surface area (Å²) in [6.45, 7) is 1.74. The molecule has 1 heterocycles. The molecule has 0 saturated heterocycles. The Morgan fingerprint density at radius 2 is 1.30 bits per heavy atom. The number of carbonyl (C=O) groups is 3. The number of nitrogens with zero attached hydrogens (tertiary/aromatic N) is 1. The summed E-state index contributed by atoms with van der Waals surface area (Å²) in [6.07, 6.45) is -0.375. The summed E-state index contributed by atoms with van der Waals surface area (Å²) in [7, 11) is 1.48. The van der Waals surface area contributed by atoms with E-state index in [0.717, 1.165) is 11.1 Å². The average molecular weight is 504 g/mol. The number of carbonyl (C=O) groups excluding carboxylic acids is 3. The number of benzene rings is 3. The van der Waals surface area contributed by atoms with Crippen LogP contribution in [0.3, 0.4) is 0 Å². The van der Waals surface area contributed by atoms with Crippen LogP contribution in [0.1, 0.15) is 34.8 Å². The maximum Gasteiger partial charge on any atom is 0.422 e. The number of aromatic nitrogens is 1. The third-order valence-electron chi connectivity index (χ3n) is 5.21. The number of ketones is 1. The minimum Gasteiger partial charge on any atom is -0.460 e. The van der Waals surface area contributed by atoms with Crippen LogP contribution in [0.25, 0.3) is 10.9 Å². The molecule has 3 aromatic carbocycles. The van der Waals surface area contributed by atoms with E-state index in [1.807, 2.05) is 60.7 Å². The van der Waals surface area contributed by atoms with Crippen LogP contribution >= 0.6 is 0 Å². The number of ether oxygens (including phenoxy) is 2. The van der Waals surface area contributed by atoms with Crippen molar-refractivity contribution in [2.45, 2.75) is 26.6 Å². The summed E-state index contributed by atoms with van der Waals surface area (Å²) in [5, 5.41) is 0.284. The largest absolute Gasteiger partial charge is 0.460 e. The monoisotopic (exact) mass is 503 g/mol. The van der Waals surface area contributed by atoms with Crippen molar-refractivity contribution in [3.8, 4) is 0 Å². The molecule has 9 nitrogen and oxygen atoms in total. The van der Waals surface area contributed by atoms with Crippen molar-refractivity contribution >= 4 is 28.6 Å². The van der Waals surface area contributed by atoms with E-state index < -0.39 is 23.3 Å². The quantitative estimate of drug-likeness (QED) is 0.213. The first-order chi connectivity index (χ1) is 17.7. The van der Waals surface area contributed by atoms with Gasteiger partial charge in [-0.15, -0.1) is 0 Å². The van der Waals surface area contributed by atoms with Crippen molar-refractivity contribution < 1.29 is 28.3 Å². The van der Waals surface area contributed by atoms with Crippen molar-refractivity contribution in [2.24, 2.45) is 7.05 Å². The zero-order valence-corrected chi connectivity index (χ0v) is 20.3. The number of Topliss-reactive ketones (excluding diaryl/α,β-unsaturated/α-hetero) is 1. The molecule has 0 atom stereocenters. The Labute approximate surface area is 211 Å². The highest BCUT2D eigenvalue weighted by atomic mass is 16.6. The molecule has 0 saturated carbocycles. The first-order valence-electron chi connectivity index (χ1n) is 11.3. The second-order valence-electron chi connectivity index (χ2n) is 7.97. The Balaban J connectivity index is 0.000000213. The first-order valence-corrected chi connectivity index (χ1v) is 11.3. The summed E-state index contributed by atoms with van der Waals surface area (Å²) >= 11 is 0. The van der Waals surface area contributed by atoms with Crippen LogP contribution in [-0.2, 0) is 39.3 Å². The van der Waals surface area contributed by atoms with Gasteiger partial charge in [-0.2, -0.15) is 0 Å². The van der Waals surface area contributed by atoms with Crippen LogP contribution in [0.2, 0.25) is 0 Å². The van der Waals surface area contributed by atoms with Gasteiger partial charge in [0.15, 0.2) is 5.78 Å². The van der Waals surface area contributed by atoms with Gasteiger partial charge in [-0.05, 0) is 30.2 Å². The smallest absolute Gasteiger partial charge is 0.422 e. The molecule has 190 valence electrons. The fourth-order valence-corrected chi connectivity index (χ4v) is 3.20. The number of hydrogen-bond acceptors (Lipinski definition) is 8. The number of aryl methyl sites for hydroxylation is 1. The number of fused-ring (bicyclic) bond motifs is 1. The third kappa shape index (κ3) is 7.86. The zero-order chi connectivity index (χ0) is 26.8. The minimum atomic E-state index is -0.738. The lowest BCUT2D eigenvalue weighted by Crippen LogP contribution is -2.22. The highest BCUT2D eigenvalue weighted by Crippen LogP contribution is 2.11. The van der Waals surface area contributed by atoms with E-state index in [4.69, 9.17) is 9.47 Å². The molecule has 4 rings (SSSR count). The fraction of sp³-hybridized carbons (Fsp3) is 0.179. The average Bonchev–Trinajstić information content (AvgIpc) is 2.90. The lowest BCUT2D eigenvalue weighted by atomic mass is 10.1. The predicted molar refractivity (Wildman–Crippen MR) is 135 cm³/mol. The molecule has 0 N–H and O–H groups in total. The normalized spacial score (nSPS) is 10.2. The Bertz CT molecular complexity index is 1450. The van der Waals surface area contributed by atoms with Crippen LogP contribution in [0.5, 0.6) is 0 Å². The molecule has 0 aliphatic carbocycles. The Morgan fingerprint density at radius 1 is 0.784 bits per heavy atom. The molecule has 0 aliphatic heterocycles. The topological polar surface area (TPSA) is 122 Å². The van der Waals surface area contributed by atoms with E-state index in [0.29, 0.717) is 11.1 Å². The maximum absolute atomic E-state index is 11.5. The van der Waals surface area contributed by atoms with E-state index in [9.17, 15) is 24.0 Å². The van der Waals surface area contributed by atoms with E-state index in [2.05, 4.69) is 4.42 Å². The molecule has 0 amide bonds. The van der Waals surface area contributed by atoms with Crippen molar-refractivity contribution in [3.63, 3.8) is 0 Å². The molecule has 1 aromatic heterocycles. The van der Waals surface area contributed by atoms with Crippen LogP contribution in [-0.4, -0.2) is 22.3 Å². The Hall–Kier alpha value is -4.79. The molecule has 0 aliphatic rings. The summed E-state index contributed by atoms with van der Waals surface area (Å²) in [5.41, 5.74) is 1.92. The van der Waals surface area contributed by atoms with Gasteiger partial charge in [0.2, 0.25) is 0 Å². The molecular formula is C28H25NO8. The van der Waals surface area contributed by atoms with Gasteiger partial charge in [0, 0.05) is 12.6 Å². The van der Waals surface area contributed by atoms with Gasteiger partial charge in [-0.3, -0.25) is 19.0 Å². The molecule has 0 unspecified atom stereocenters. The van der Waals surface area contributed by atoms with Gasteiger partial charge in [0.05, 0.1) is 10.9 Å². The molecule has 0 bridgehead atoms. The number of esters is 2. The standard InChI is InChI=1S/C17H16O4.C11H9NO4/c18-16(20-12-14-7-3-1-4-8-14)11-17(19)21-13-15-9-5-2-6-10-15;1-6(13)7-3-4-8-9(5-7)12(2)11(15)16-10(8)14/h1-10H,11-13H2;3-5H,1-2H3. The second kappa shape index (κ2) is 12.8. The number of rotatable bonds is 7. The second-order valence-corrected chi connectivity index (χ2v) is 7.97. The molecule has 37 heavy (non-hydrogen) atoms. The first kappa shape index (κ1) is 26.8. The van der Waals surface area contributed by atoms with Crippen LogP contribution < -0.4 is 11.4 Å². The van der Waals surface area contributed by atoms with Gasteiger partial charge in [0.25, 0.3) is 0 Å². The van der Waals surface area contributed by atoms with Gasteiger partial charge >= 0.3 is 23.3 Å². The van der Waals surface area contributed by atoms with Gasteiger partial charge < -0.3 is 13.9 Å². The lowest BCUT2D eigenvalue weighted by Gasteiger charge is -2.06. The molecule has 0 radical (unpaired) electrons. The fourth-order valence-electron chi connectivity index (χ4n) is 3.20. The molecule has 0 fully saturated rings. The molecular weight excluding hydrogens is 478 g/mol. The number of hydrogen-bond donors (Lipinski definition) is 0. The van der Waals surface area contributed by atoms with Crippen LogP contribution in [0.15, 0.2) is 92.9 Å². The van der Waals surface area contributed by atoms with Gasteiger partial charge in [0.1, 0.15) is 19.6 Å². The van der Waals surface area contributed by atoms with Crippen molar-refractivity contribution in [1.82, 2.24) is 4.57 Å². The summed E-state index contributed by atoms with van der Waals surface area (Å²) in [4.78, 5) is 56.8. The van der Waals surface area contributed by atoms with E-state index in [1.165, 1.54) is 36.7 Å². The van der Waals surface area contributed by atoms with E-state index >= 15 is 0 Å². The SMILES string of the molecule is CC(=O)c1ccc2c(=O)oc(=O)n(C)c2c1.O=C(CC(=O)OCc1ccccc1)OCc1ccccc1. The van der Waals surface area contributed by atoms with Crippen LogP contribution in [0, 0.1) is 0 Å². The highest BCUT2D eigenvalue weighted by molar-refractivity contribution is 5.97. The summed E-state index contributed by atoms with van der Waals surface area (Å²) in [6, 6.07) is 23.1. The van der Waals surface area contributed by atoms with E-state index in [1.54, 1.807) is 0 Å². The Kier molecular flexibility index (Phi) is 9.26. The van der Waals surface area contributed by atoms with Crippen molar-refractivity contribution in [2.75, 3.05) is 0 Å². The van der Waals surface area contributed by atoms with Gasteiger partial charge in [-0.1, -0.05) is 66.7 Å². The van der Waals surface area contributed by atoms with E-state index in [-0.39, 0.29) is 30.8 Å². The molecule has 0 spiro atoms. The lowest BCUT2D eigenvalue weighted by molar-refractivity contribution is -0.156. The zero-order valence-electron chi connectivity index (χ0n) is 20.3. The van der Waals surface area contributed by atoms with Gasteiger partial charge in [-0.25, -0.2) is 9.59 Å². The minimum absolute atomic E-state index is 0.123.